The molecule has 2 rings (SSSR count). The largest absolute Gasteiger partial charge is 0.362 e. The number of hydrogen-bond acceptors (Lipinski definition) is 1. The summed E-state index contributed by atoms with van der Waals surface area (Å²) in [6.07, 6.45) is 3.03. The molecule has 0 amide bonds. The van der Waals surface area contributed by atoms with Crippen LogP contribution in [0.25, 0.3) is 0 Å². The average Bonchev–Trinajstić information content (AvgIpc) is 2.90. The molecule has 0 aliphatic rings. The summed E-state index contributed by atoms with van der Waals surface area (Å²) < 4.78 is 2.13. The summed E-state index contributed by atoms with van der Waals surface area (Å²) in [5, 5.41) is 7.23. The van der Waals surface area contributed by atoms with Crippen molar-refractivity contribution in [1.82, 2.24) is 15.2 Å². The molecule has 0 saturated carbocycles. The lowest BCUT2D eigenvalue weighted by Gasteiger charge is -2.19. The summed E-state index contributed by atoms with van der Waals surface area (Å²) in [5.74, 6) is 0. The van der Waals surface area contributed by atoms with E-state index in [1.165, 1.54) is 16.8 Å². The Morgan fingerprint density at radius 1 is 1.09 bits per heavy atom. The van der Waals surface area contributed by atoms with Gasteiger partial charge >= 0.3 is 0 Å². The predicted molar refractivity (Wildman–Crippen MR) is 102 cm³/mol. The predicted octanol–water partition coefficient (Wildman–Crippen LogP) is 3.53. The van der Waals surface area contributed by atoms with Gasteiger partial charge in [0.05, 0.1) is 0 Å². The van der Waals surface area contributed by atoms with Crippen LogP contribution < -0.4 is 10.6 Å². The first-order valence-corrected chi connectivity index (χ1v) is 8.48. The van der Waals surface area contributed by atoms with Crippen molar-refractivity contribution in [1.29, 1.82) is 0 Å². The number of hydrogen-bond donors (Lipinski definition) is 2. The van der Waals surface area contributed by atoms with Crippen molar-refractivity contribution in [2.45, 2.75) is 39.2 Å². The van der Waals surface area contributed by atoms with E-state index >= 15 is 0 Å². The summed E-state index contributed by atoms with van der Waals surface area (Å²) >= 11 is 5.34. The summed E-state index contributed by atoms with van der Waals surface area (Å²) in [5.41, 5.74) is 4.09. The molecule has 1 heterocycles. The van der Waals surface area contributed by atoms with Gasteiger partial charge in [-0.3, -0.25) is 0 Å². The molecule has 0 unspecified atom stereocenters. The first kappa shape index (κ1) is 17.5. The molecule has 0 aliphatic heterocycles. The lowest BCUT2D eigenvalue weighted by Crippen LogP contribution is -2.36. The molecular weight excluding hydrogens is 302 g/mol. The van der Waals surface area contributed by atoms with E-state index in [4.69, 9.17) is 12.2 Å². The lowest BCUT2D eigenvalue weighted by molar-refractivity contribution is 0.590. The SMILES string of the molecule is Cn1cccc1CCNC(=S)NCc1ccc(C(C)(C)C)cc1. The van der Waals surface area contributed by atoms with Crippen LogP contribution in [-0.2, 0) is 25.4 Å². The lowest BCUT2D eigenvalue weighted by atomic mass is 9.87. The molecule has 2 aromatic rings. The van der Waals surface area contributed by atoms with Gasteiger partial charge in [0.2, 0.25) is 0 Å². The van der Waals surface area contributed by atoms with E-state index in [2.05, 4.69) is 85.6 Å². The Bertz CT molecular complexity index is 635. The molecule has 2 N–H and O–H groups in total. The maximum atomic E-state index is 5.34. The second-order valence-corrected chi connectivity index (χ2v) is 7.33. The zero-order chi connectivity index (χ0) is 16.9. The molecule has 0 spiro atoms. The highest BCUT2D eigenvalue weighted by Crippen LogP contribution is 2.22. The van der Waals surface area contributed by atoms with Crippen molar-refractivity contribution < 1.29 is 0 Å². The topological polar surface area (TPSA) is 29.0 Å². The molecule has 1 aromatic heterocycles. The van der Waals surface area contributed by atoms with Crippen LogP contribution in [0.3, 0.4) is 0 Å². The summed E-state index contributed by atoms with van der Waals surface area (Å²) in [6, 6.07) is 12.9. The Morgan fingerprint density at radius 3 is 2.35 bits per heavy atom. The molecule has 0 bridgehead atoms. The minimum atomic E-state index is 0.194. The van der Waals surface area contributed by atoms with Crippen molar-refractivity contribution in [2.75, 3.05) is 6.54 Å². The molecule has 0 aliphatic carbocycles. The van der Waals surface area contributed by atoms with Gasteiger partial charge in [-0.2, -0.15) is 0 Å². The Kier molecular flexibility index (Phi) is 5.83. The number of nitrogens with one attached hydrogen (secondary N) is 2. The molecule has 23 heavy (non-hydrogen) atoms. The van der Waals surface area contributed by atoms with Crippen molar-refractivity contribution in [3.63, 3.8) is 0 Å². The summed E-state index contributed by atoms with van der Waals surface area (Å²) in [4.78, 5) is 0. The quantitative estimate of drug-likeness (QED) is 0.822. The molecule has 1 aromatic carbocycles. The highest BCUT2D eigenvalue weighted by atomic mass is 32.1. The van der Waals surface area contributed by atoms with Crippen LogP contribution in [0, 0.1) is 0 Å². The Morgan fingerprint density at radius 2 is 1.78 bits per heavy atom. The van der Waals surface area contributed by atoms with E-state index in [0.717, 1.165) is 19.5 Å². The minimum Gasteiger partial charge on any atom is -0.362 e. The molecular formula is C19H27N3S. The van der Waals surface area contributed by atoms with Gasteiger partial charge in [-0.05, 0) is 40.9 Å². The van der Waals surface area contributed by atoms with Crippen LogP contribution in [0.1, 0.15) is 37.6 Å². The molecule has 0 radical (unpaired) electrons. The number of nitrogens with zero attached hydrogens (tertiary/aromatic N) is 1. The number of thiocarbonyl (C=S) groups is 1. The third kappa shape index (κ3) is 5.39. The van der Waals surface area contributed by atoms with Crippen molar-refractivity contribution >= 4 is 17.3 Å². The highest BCUT2D eigenvalue weighted by molar-refractivity contribution is 7.80. The van der Waals surface area contributed by atoms with Crippen LogP contribution >= 0.6 is 12.2 Å². The number of aryl methyl sites for hydroxylation is 1. The molecule has 4 heteroatoms. The first-order chi connectivity index (χ1) is 10.9. The zero-order valence-corrected chi connectivity index (χ0v) is 15.3. The fraction of sp³-hybridized carbons (Fsp3) is 0.421. The van der Waals surface area contributed by atoms with Gasteiger partial charge in [0, 0.05) is 38.4 Å². The number of benzene rings is 1. The maximum Gasteiger partial charge on any atom is 0.166 e. The van der Waals surface area contributed by atoms with Crippen LogP contribution in [0.2, 0.25) is 0 Å². The van der Waals surface area contributed by atoms with Crippen molar-refractivity contribution in [3.8, 4) is 0 Å². The van der Waals surface area contributed by atoms with Gasteiger partial charge in [0.1, 0.15) is 0 Å². The second kappa shape index (κ2) is 7.64. The van der Waals surface area contributed by atoms with E-state index in [1.807, 2.05) is 0 Å². The number of rotatable bonds is 5. The monoisotopic (exact) mass is 329 g/mol. The van der Waals surface area contributed by atoms with E-state index in [-0.39, 0.29) is 5.41 Å². The second-order valence-electron chi connectivity index (χ2n) is 6.92. The molecule has 0 fully saturated rings. The van der Waals surface area contributed by atoms with Crippen LogP contribution in [0.4, 0.5) is 0 Å². The Balaban J connectivity index is 1.73. The first-order valence-electron chi connectivity index (χ1n) is 8.07. The molecule has 0 atom stereocenters. The van der Waals surface area contributed by atoms with Crippen molar-refractivity contribution in [2.24, 2.45) is 7.05 Å². The van der Waals surface area contributed by atoms with Crippen LogP contribution in [-0.4, -0.2) is 16.2 Å². The summed E-state index contributed by atoms with van der Waals surface area (Å²) in [7, 11) is 2.06. The van der Waals surface area contributed by atoms with Gasteiger partial charge in [0.25, 0.3) is 0 Å². The van der Waals surface area contributed by atoms with Gasteiger partial charge in [-0.15, -0.1) is 0 Å². The van der Waals surface area contributed by atoms with E-state index in [9.17, 15) is 0 Å². The molecule has 3 nitrogen and oxygen atoms in total. The zero-order valence-electron chi connectivity index (χ0n) is 14.5. The van der Waals surface area contributed by atoms with E-state index < -0.39 is 0 Å². The standard InChI is InChI=1S/C19H27N3S/c1-19(2,3)16-9-7-15(8-10-16)14-21-18(23)20-12-11-17-6-5-13-22(17)4/h5-10,13H,11-12,14H2,1-4H3,(H2,20,21,23). The minimum absolute atomic E-state index is 0.194. The summed E-state index contributed by atoms with van der Waals surface area (Å²) in [6.45, 7) is 8.27. The molecule has 124 valence electrons. The Labute approximate surface area is 145 Å². The van der Waals surface area contributed by atoms with Gasteiger partial charge < -0.3 is 15.2 Å². The normalized spacial score (nSPS) is 11.3. The smallest absolute Gasteiger partial charge is 0.166 e. The van der Waals surface area contributed by atoms with Crippen molar-refractivity contribution in [3.05, 3.63) is 59.4 Å². The average molecular weight is 330 g/mol. The van der Waals surface area contributed by atoms with Crippen LogP contribution in [0.5, 0.6) is 0 Å². The van der Waals surface area contributed by atoms with Gasteiger partial charge in [-0.1, -0.05) is 45.0 Å². The van der Waals surface area contributed by atoms with Gasteiger partial charge in [-0.25, -0.2) is 0 Å². The third-order valence-corrected chi connectivity index (χ3v) is 4.28. The number of aromatic nitrogens is 1. The fourth-order valence-corrected chi connectivity index (χ4v) is 2.60. The maximum absolute atomic E-state index is 5.34. The molecule has 0 saturated heterocycles. The fourth-order valence-electron chi connectivity index (χ4n) is 2.43. The highest BCUT2D eigenvalue weighted by Gasteiger charge is 2.12. The van der Waals surface area contributed by atoms with Gasteiger partial charge in [0.15, 0.2) is 5.11 Å². The van der Waals surface area contributed by atoms with E-state index in [0.29, 0.717) is 5.11 Å². The Hall–Kier alpha value is -1.81. The third-order valence-electron chi connectivity index (χ3n) is 3.99. The van der Waals surface area contributed by atoms with Crippen LogP contribution in [0.15, 0.2) is 42.6 Å². The van der Waals surface area contributed by atoms with E-state index in [1.54, 1.807) is 0 Å².